The molecule has 0 aliphatic carbocycles. The molecule has 0 aromatic carbocycles. The van der Waals surface area contributed by atoms with Crippen LogP contribution in [0.4, 0.5) is 0 Å². The van der Waals surface area contributed by atoms with Gasteiger partial charge in [-0.2, -0.15) is 5.10 Å². The molecule has 1 amide bonds. The first-order valence-electron chi connectivity index (χ1n) is 1.92. The maximum Gasteiger partial charge on any atom is 0.306 e. The van der Waals surface area contributed by atoms with Gasteiger partial charge in [-0.3, -0.25) is 4.79 Å². The summed E-state index contributed by atoms with van der Waals surface area (Å²) in [6.07, 6.45) is 0.718. The quantitative estimate of drug-likeness (QED) is 0.313. The summed E-state index contributed by atoms with van der Waals surface area (Å²) in [5, 5.41) is 20.0. The van der Waals surface area contributed by atoms with Crippen molar-refractivity contribution in [3.63, 3.8) is 0 Å². The molecule has 0 saturated heterocycles. The van der Waals surface area contributed by atoms with Crippen molar-refractivity contribution in [3.05, 3.63) is 0 Å². The van der Waals surface area contributed by atoms with Gasteiger partial charge in [0.25, 0.3) is 5.79 Å². The van der Waals surface area contributed by atoms with Crippen LogP contribution in [0.25, 0.3) is 0 Å². The lowest BCUT2D eigenvalue weighted by atomic mass is 10.3. The van der Waals surface area contributed by atoms with Crippen molar-refractivity contribution in [2.45, 2.75) is 5.79 Å². The lowest BCUT2D eigenvalue weighted by Crippen LogP contribution is -2.40. The van der Waals surface area contributed by atoms with Crippen LogP contribution in [0, 0.1) is 0 Å². The first-order chi connectivity index (χ1) is 3.63. The minimum absolute atomic E-state index is 0.718. The normalized spacial score (nSPS) is 23.5. The Hall–Kier alpha value is -0.940. The largest absolute Gasteiger partial charge is 0.354 e. The monoisotopic (exact) mass is 116 g/mol. The van der Waals surface area contributed by atoms with Gasteiger partial charge in [-0.25, -0.2) is 5.43 Å². The predicted molar refractivity (Wildman–Crippen MR) is 23.8 cm³/mol. The van der Waals surface area contributed by atoms with E-state index in [0.29, 0.717) is 0 Å². The summed E-state index contributed by atoms with van der Waals surface area (Å²) in [6.45, 7) is 0. The molecule has 5 nitrogen and oxygen atoms in total. The lowest BCUT2D eigenvalue weighted by Gasteiger charge is -2.04. The van der Waals surface area contributed by atoms with Gasteiger partial charge in [0.15, 0.2) is 0 Å². The number of amides is 1. The second-order valence-corrected chi connectivity index (χ2v) is 1.43. The van der Waals surface area contributed by atoms with Crippen LogP contribution in [-0.4, -0.2) is 28.1 Å². The van der Waals surface area contributed by atoms with Crippen molar-refractivity contribution < 1.29 is 15.0 Å². The number of aliphatic hydroxyl groups is 2. The van der Waals surface area contributed by atoms with Crippen LogP contribution in [-0.2, 0) is 4.79 Å². The predicted octanol–water partition coefficient (Wildman–Crippen LogP) is -2.22. The molecule has 1 aliphatic heterocycles. The molecule has 0 saturated carbocycles. The molecule has 0 spiro atoms. The summed E-state index contributed by atoms with van der Waals surface area (Å²) in [5.41, 5.74) is 1.84. The molecule has 0 unspecified atom stereocenters. The molecule has 0 fully saturated rings. The summed E-state index contributed by atoms with van der Waals surface area (Å²) in [6, 6.07) is 0. The Morgan fingerprint density at radius 2 is 2.38 bits per heavy atom. The van der Waals surface area contributed by atoms with Crippen LogP contribution >= 0.6 is 0 Å². The van der Waals surface area contributed by atoms with Gasteiger partial charge >= 0.3 is 5.91 Å². The third-order valence-corrected chi connectivity index (χ3v) is 0.745. The van der Waals surface area contributed by atoms with Gasteiger partial charge in [0.1, 0.15) is 0 Å². The molecule has 8 heavy (non-hydrogen) atoms. The van der Waals surface area contributed by atoms with Crippen molar-refractivity contribution >= 4 is 12.1 Å². The first-order valence-corrected chi connectivity index (χ1v) is 1.92. The Labute approximate surface area is 44.6 Å². The summed E-state index contributed by atoms with van der Waals surface area (Å²) in [7, 11) is 0. The molecule has 3 N–H and O–H groups in total. The Kier molecular flexibility index (Phi) is 0.825. The molecule has 0 aromatic heterocycles. The Morgan fingerprint density at radius 3 is 2.50 bits per heavy atom. The highest BCUT2D eigenvalue weighted by Gasteiger charge is 2.35. The van der Waals surface area contributed by atoms with E-state index in [4.69, 9.17) is 10.2 Å². The smallest absolute Gasteiger partial charge is 0.306 e. The van der Waals surface area contributed by atoms with Crippen LogP contribution in [0.5, 0.6) is 0 Å². The number of hydrazone groups is 1. The average molecular weight is 116 g/mol. The lowest BCUT2D eigenvalue weighted by molar-refractivity contribution is -0.157. The van der Waals surface area contributed by atoms with Gasteiger partial charge in [0.05, 0.1) is 6.21 Å². The van der Waals surface area contributed by atoms with Crippen molar-refractivity contribution in [2.75, 3.05) is 0 Å². The molecule has 0 aromatic rings. The van der Waals surface area contributed by atoms with Crippen LogP contribution in [0.3, 0.4) is 0 Å². The SMILES string of the molecule is O=C1NN=CC1(O)O. The highest BCUT2D eigenvalue weighted by molar-refractivity contribution is 6.02. The Bertz CT molecular complexity index is 151. The molecule has 1 aliphatic rings. The first kappa shape index (κ1) is 5.20. The van der Waals surface area contributed by atoms with Crippen LogP contribution in [0.15, 0.2) is 5.10 Å². The standard InChI is InChI=1S/C3H4N2O3/c6-2-3(7,8)1-4-5-2/h1,7-8H,(H,5,6). The second kappa shape index (κ2) is 1.27. The summed E-state index contributed by atoms with van der Waals surface area (Å²) >= 11 is 0. The number of nitrogens with zero attached hydrogens (tertiary/aromatic N) is 1. The van der Waals surface area contributed by atoms with Gasteiger partial charge in [-0.1, -0.05) is 0 Å². The number of hydrogen-bond acceptors (Lipinski definition) is 4. The number of carbonyl (C=O) groups is 1. The Morgan fingerprint density at radius 1 is 1.75 bits per heavy atom. The number of carbonyl (C=O) groups excluding carboxylic acids is 1. The fourth-order valence-electron chi connectivity index (χ4n) is 0.322. The van der Waals surface area contributed by atoms with Crippen molar-refractivity contribution in [1.29, 1.82) is 0 Å². The topological polar surface area (TPSA) is 81.9 Å². The van der Waals surface area contributed by atoms with Gasteiger partial charge in [0.2, 0.25) is 0 Å². The van der Waals surface area contributed by atoms with E-state index in [0.717, 1.165) is 6.21 Å². The van der Waals surface area contributed by atoms with Gasteiger partial charge < -0.3 is 10.2 Å². The van der Waals surface area contributed by atoms with E-state index in [2.05, 4.69) is 5.10 Å². The third-order valence-electron chi connectivity index (χ3n) is 0.745. The van der Waals surface area contributed by atoms with E-state index in [1.807, 2.05) is 5.43 Å². The average Bonchev–Trinajstić information content (AvgIpc) is 1.86. The van der Waals surface area contributed by atoms with Crippen molar-refractivity contribution in [1.82, 2.24) is 5.43 Å². The molecule has 44 valence electrons. The van der Waals surface area contributed by atoms with E-state index in [1.165, 1.54) is 0 Å². The highest BCUT2D eigenvalue weighted by Crippen LogP contribution is 1.98. The van der Waals surface area contributed by atoms with Crippen LogP contribution in [0.1, 0.15) is 0 Å². The van der Waals surface area contributed by atoms with Crippen LogP contribution < -0.4 is 5.43 Å². The zero-order chi connectivity index (χ0) is 6.20. The maximum atomic E-state index is 10.2. The highest BCUT2D eigenvalue weighted by atomic mass is 16.5. The minimum atomic E-state index is -2.39. The van der Waals surface area contributed by atoms with Crippen molar-refractivity contribution in [3.8, 4) is 0 Å². The van der Waals surface area contributed by atoms with E-state index < -0.39 is 11.7 Å². The second-order valence-electron chi connectivity index (χ2n) is 1.43. The number of nitrogens with one attached hydrogen (secondary N) is 1. The van der Waals surface area contributed by atoms with Gasteiger partial charge in [-0.05, 0) is 0 Å². The summed E-state index contributed by atoms with van der Waals surface area (Å²) in [4.78, 5) is 10.2. The van der Waals surface area contributed by atoms with E-state index >= 15 is 0 Å². The summed E-state index contributed by atoms with van der Waals surface area (Å²) < 4.78 is 0. The number of hydrogen-bond donors (Lipinski definition) is 3. The zero-order valence-electron chi connectivity index (χ0n) is 3.83. The van der Waals surface area contributed by atoms with Crippen molar-refractivity contribution in [2.24, 2.45) is 5.10 Å². The molecule has 0 atom stereocenters. The Balaban J connectivity index is 2.82. The third kappa shape index (κ3) is 0.573. The molecule has 5 heteroatoms. The molecular formula is C3H4N2O3. The number of rotatable bonds is 0. The van der Waals surface area contributed by atoms with Crippen LogP contribution in [0.2, 0.25) is 0 Å². The van der Waals surface area contributed by atoms with E-state index in [-0.39, 0.29) is 0 Å². The molecule has 1 heterocycles. The minimum Gasteiger partial charge on any atom is -0.354 e. The molecule has 1 rings (SSSR count). The maximum absolute atomic E-state index is 10.2. The molecular weight excluding hydrogens is 112 g/mol. The zero-order valence-corrected chi connectivity index (χ0v) is 3.83. The van der Waals surface area contributed by atoms with E-state index in [1.54, 1.807) is 0 Å². The fraction of sp³-hybridized carbons (Fsp3) is 0.333. The van der Waals surface area contributed by atoms with Gasteiger partial charge in [0, 0.05) is 0 Å². The van der Waals surface area contributed by atoms with Gasteiger partial charge in [-0.15, -0.1) is 0 Å². The molecule has 0 radical (unpaired) electrons. The molecule has 0 bridgehead atoms. The summed E-state index contributed by atoms with van der Waals surface area (Å²) in [5.74, 6) is -3.31. The fourth-order valence-corrected chi connectivity index (χ4v) is 0.322. The van der Waals surface area contributed by atoms with E-state index in [9.17, 15) is 4.79 Å².